The molecule has 1 aromatic heterocycles. The lowest BCUT2D eigenvalue weighted by molar-refractivity contribution is -0.137. The van der Waals surface area contributed by atoms with Crippen molar-refractivity contribution in [2.45, 2.75) is 44.1 Å². The van der Waals surface area contributed by atoms with Crippen molar-refractivity contribution >= 4 is 11.7 Å². The molecule has 1 N–H and O–H groups in total. The number of carboxylic acid groups (broad SMARTS) is 1. The van der Waals surface area contributed by atoms with Crippen LogP contribution in [-0.2, 0) is 16.1 Å². The second kappa shape index (κ2) is 10.1. The zero-order chi connectivity index (χ0) is 21.5. The Hall–Kier alpha value is -3.41. The minimum atomic E-state index is -0.755. The molecule has 0 bridgehead atoms. The summed E-state index contributed by atoms with van der Waals surface area (Å²) in [5.41, 5.74) is 4.53. The van der Waals surface area contributed by atoms with E-state index in [1.807, 2.05) is 24.7 Å². The molecule has 0 fully saturated rings. The molecule has 0 radical (unpaired) electrons. The van der Waals surface area contributed by atoms with Gasteiger partial charge in [0.1, 0.15) is 12.3 Å². The molecular formula is C25H27N3O3. The number of aromatic nitrogens is 2. The highest BCUT2D eigenvalue weighted by Crippen LogP contribution is 2.40. The van der Waals surface area contributed by atoms with E-state index in [-0.39, 0.29) is 18.4 Å². The highest BCUT2D eigenvalue weighted by molar-refractivity contribution is 6.06. The normalized spacial score (nSPS) is 19.2. The van der Waals surface area contributed by atoms with Crippen LogP contribution in [0.1, 0.15) is 54.3 Å². The van der Waals surface area contributed by atoms with Crippen LogP contribution < -0.4 is 0 Å². The van der Waals surface area contributed by atoms with Gasteiger partial charge in [-0.2, -0.15) is 0 Å². The largest absolute Gasteiger partial charge is 0.481 e. The summed E-state index contributed by atoms with van der Waals surface area (Å²) in [5, 5.41) is 13.4. The van der Waals surface area contributed by atoms with E-state index in [4.69, 9.17) is 9.94 Å². The van der Waals surface area contributed by atoms with Gasteiger partial charge in [0.15, 0.2) is 0 Å². The van der Waals surface area contributed by atoms with Crippen LogP contribution in [0.4, 0.5) is 0 Å². The van der Waals surface area contributed by atoms with Gasteiger partial charge in [0.05, 0.1) is 12.4 Å². The number of fused-ring (bicyclic) bond motifs is 1. The predicted molar refractivity (Wildman–Crippen MR) is 119 cm³/mol. The third-order valence-electron chi connectivity index (χ3n) is 5.76. The Morgan fingerprint density at radius 1 is 1.10 bits per heavy atom. The molecule has 6 nitrogen and oxygen atoms in total. The fourth-order valence-corrected chi connectivity index (χ4v) is 4.27. The Balaban J connectivity index is 1.61. The van der Waals surface area contributed by atoms with Crippen LogP contribution in [-0.4, -0.2) is 32.9 Å². The summed E-state index contributed by atoms with van der Waals surface area (Å²) in [5.74, 6) is -0.543. The SMILES string of the molecule is O=C(O)CCCCCO/N=C1\c2ccccc2CC(c2ccccc2)C1n1ccnc1. The summed E-state index contributed by atoms with van der Waals surface area (Å²) in [6, 6.07) is 18.9. The van der Waals surface area contributed by atoms with Gasteiger partial charge in [-0.05, 0) is 36.8 Å². The van der Waals surface area contributed by atoms with E-state index in [0.29, 0.717) is 13.0 Å². The maximum atomic E-state index is 10.6. The van der Waals surface area contributed by atoms with E-state index in [9.17, 15) is 4.79 Å². The summed E-state index contributed by atoms with van der Waals surface area (Å²) in [6.07, 6.45) is 8.98. The molecule has 6 heteroatoms. The average Bonchev–Trinajstić information content (AvgIpc) is 3.32. The van der Waals surface area contributed by atoms with E-state index < -0.39 is 5.97 Å². The number of benzene rings is 2. The fraction of sp³-hybridized carbons (Fsp3) is 0.320. The first-order valence-corrected chi connectivity index (χ1v) is 10.8. The molecule has 2 aromatic carbocycles. The van der Waals surface area contributed by atoms with Gasteiger partial charge in [0.2, 0.25) is 0 Å². The van der Waals surface area contributed by atoms with Crippen LogP contribution in [0.15, 0.2) is 78.5 Å². The van der Waals surface area contributed by atoms with Crippen molar-refractivity contribution < 1.29 is 14.7 Å². The number of rotatable bonds is 9. The van der Waals surface area contributed by atoms with Gasteiger partial charge in [-0.3, -0.25) is 4.79 Å². The summed E-state index contributed by atoms with van der Waals surface area (Å²) in [6.45, 7) is 0.470. The first-order chi connectivity index (χ1) is 15.2. The molecule has 160 valence electrons. The van der Waals surface area contributed by atoms with Gasteiger partial charge >= 0.3 is 5.97 Å². The van der Waals surface area contributed by atoms with Crippen LogP contribution in [0, 0.1) is 0 Å². The van der Waals surface area contributed by atoms with Crippen LogP contribution in [0.2, 0.25) is 0 Å². The lowest BCUT2D eigenvalue weighted by Gasteiger charge is -2.35. The van der Waals surface area contributed by atoms with E-state index in [2.05, 4.69) is 57.2 Å². The van der Waals surface area contributed by atoms with Gasteiger partial charge in [0, 0.05) is 30.3 Å². The molecule has 1 aliphatic carbocycles. The Bertz CT molecular complexity index is 1020. The molecule has 0 aliphatic heterocycles. The van der Waals surface area contributed by atoms with Gasteiger partial charge in [-0.1, -0.05) is 59.8 Å². The van der Waals surface area contributed by atoms with Crippen molar-refractivity contribution in [2.75, 3.05) is 6.61 Å². The van der Waals surface area contributed by atoms with E-state index in [1.54, 1.807) is 6.20 Å². The number of hydrogen-bond acceptors (Lipinski definition) is 4. The van der Waals surface area contributed by atoms with Crippen LogP contribution >= 0.6 is 0 Å². The number of imidazole rings is 1. The average molecular weight is 418 g/mol. The van der Waals surface area contributed by atoms with Gasteiger partial charge in [0.25, 0.3) is 0 Å². The van der Waals surface area contributed by atoms with Crippen LogP contribution in [0.3, 0.4) is 0 Å². The molecule has 0 saturated heterocycles. The summed E-state index contributed by atoms with van der Waals surface area (Å²) in [7, 11) is 0. The summed E-state index contributed by atoms with van der Waals surface area (Å²) < 4.78 is 2.11. The number of nitrogens with zero attached hydrogens (tertiary/aromatic N) is 3. The highest BCUT2D eigenvalue weighted by atomic mass is 16.6. The van der Waals surface area contributed by atoms with Crippen molar-refractivity contribution in [1.29, 1.82) is 0 Å². The van der Waals surface area contributed by atoms with Crippen molar-refractivity contribution in [3.05, 3.63) is 90.0 Å². The number of aliphatic carboxylic acids is 1. The lowest BCUT2D eigenvalue weighted by Crippen LogP contribution is -2.33. The molecule has 2 unspecified atom stereocenters. The smallest absolute Gasteiger partial charge is 0.303 e. The molecule has 0 amide bonds. The quantitative estimate of drug-likeness (QED) is 0.400. The van der Waals surface area contributed by atoms with E-state index in [0.717, 1.165) is 30.5 Å². The minimum absolute atomic E-state index is 0.0215. The topological polar surface area (TPSA) is 76.7 Å². The Morgan fingerprint density at radius 3 is 2.68 bits per heavy atom. The van der Waals surface area contributed by atoms with E-state index in [1.165, 1.54) is 11.1 Å². The van der Waals surface area contributed by atoms with Gasteiger partial charge in [-0.25, -0.2) is 4.98 Å². The van der Waals surface area contributed by atoms with Gasteiger partial charge in [-0.15, -0.1) is 0 Å². The molecule has 1 heterocycles. The molecule has 1 aliphatic rings. The summed E-state index contributed by atoms with van der Waals surface area (Å²) in [4.78, 5) is 20.7. The van der Waals surface area contributed by atoms with E-state index >= 15 is 0 Å². The first kappa shape index (κ1) is 20.8. The zero-order valence-electron chi connectivity index (χ0n) is 17.4. The third kappa shape index (κ3) is 5.02. The zero-order valence-corrected chi connectivity index (χ0v) is 17.4. The monoisotopic (exact) mass is 417 g/mol. The van der Waals surface area contributed by atoms with Crippen molar-refractivity contribution in [2.24, 2.45) is 5.16 Å². The number of hydrogen-bond donors (Lipinski definition) is 1. The Morgan fingerprint density at radius 2 is 1.90 bits per heavy atom. The standard InChI is InChI=1S/C25H27N3O3/c29-23(30)13-5-2-8-16-31-27-24-21-12-7-6-11-20(21)17-22(19-9-3-1-4-10-19)25(24)28-15-14-26-18-28/h1,3-4,6-7,9-12,14-15,18,22,25H,2,5,8,13,16-17H2,(H,29,30)/b27-24+. The fourth-order valence-electron chi connectivity index (χ4n) is 4.27. The molecule has 2 atom stereocenters. The van der Waals surface area contributed by atoms with Crippen LogP contribution in [0.25, 0.3) is 0 Å². The van der Waals surface area contributed by atoms with Crippen LogP contribution in [0.5, 0.6) is 0 Å². The molecule has 3 aromatic rings. The highest BCUT2D eigenvalue weighted by Gasteiger charge is 2.36. The summed E-state index contributed by atoms with van der Waals surface area (Å²) >= 11 is 0. The van der Waals surface area contributed by atoms with Crippen molar-refractivity contribution in [1.82, 2.24) is 9.55 Å². The van der Waals surface area contributed by atoms with Crippen molar-refractivity contribution in [3.63, 3.8) is 0 Å². The minimum Gasteiger partial charge on any atom is -0.481 e. The van der Waals surface area contributed by atoms with Gasteiger partial charge < -0.3 is 14.5 Å². The molecule has 31 heavy (non-hydrogen) atoms. The molecule has 4 rings (SSSR count). The lowest BCUT2D eigenvalue weighted by atomic mass is 9.75. The number of carboxylic acids is 1. The predicted octanol–water partition coefficient (Wildman–Crippen LogP) is 4.83. The maximum Gasteiger partial charge on any atom is 0.303 e. The number of unbranched alkanes of at least 4 members (excludes halogenated alkanes) is 2. The Kier molecular flexibility index (Phi) is 6.77. The Labute approximate surface area is 182 Å². The second-order valence-electron chi connectivity index (χ2n) is 7.85. The third-order valence-corrected chi connectivity index (χ3v) is 5.76. The maximum absolute atomic E-state index is 10.6. The molecule has 0 spiro atoms. The molecular weight excluding hydrogens is 390 g/mol. The first-order valence-electron chi connectivity index (χ1n) is 10.8. The number of oxime groups is 1. The van der Waals surface area contributed by atoms with Crippen molar-refractivity contribution in [3.8, 4) is 0 Å². The number of carbonyl (C=O) groups is 1. The molecule has 0 saturated carbocycles. The second-order valence-corrected chi connectivity index (χ2v) is 7.85.